The third kappa shape index (κ3) is 4.07. The Morgan fingerprint density at radius 2 is 1.78 bits per heavy atom. The molecule has 0 aromatic heterocycles. The first-order valence-corrected chi connectivity index (χ1v) is 9.06. The largest absolute Gasteiger partial charge is 0.322 e. The summed E-state index contributed by atoms with van der Waals surface area (Å²) in [6.07, 6.45) is 0. The van der Waals surface area contributed by atoms with Gasteiger partial charge in [0.2, 0.25) is 0 Å². The van der Waals surface area contributed by atoms with Gasteiger partial charge in [-0.1, -0.05) is 29.3 Å². The maximum absolute atomic E-state index is 12.3. The summed E-state index contributed by atoms with van der Waals surface area (Å²) in [5.74, 6) is 0. The fourth-order valence-corrected chi connectivity index (χ4v) is 3.58. The van der Waals surface area contributed by atoms with Gasteiger partial charge in [0.05, 0.1) is 15.7 Å². The Labute approximate surface area is 145 Å². The van der Waals surface area contributed by atoms with Crippen LogP contribution in [0.25, 0.3) is 0 Å². The molecule has 1 aromatic carbocycles. The Balaban J connectivity index is 1.98. The smallest absolute Gasteiger partial charge is 0.321 e. The molecule has 1 saturated heterocycles. The summed E-state index contributed by atoms with van der Waals surface area (Å²) in [5, 5.41) is 3.32. The number of anilines is 1. The quantitative estimate of drug-likeness (QED) is 0.870. The second-order valence-electron chi connectivity index (χ2n) is 5.21. The van der Waals surface area contributed by atoms with Gasteiger partial charge in [-0.05, 0) is 12.1 Å². The average Bonchev–Trinajstić information content (AvgIpc) is 2.51. The molecule has 0 saturated carbocycles. The van der Waals surface area contributed by atoms with E-state index in [0.29, 0.717) is 23.8 Å². The summed E-state index contributed by atoms with van der Waals surface area (Å²) in [6.45, 7) is 1.10. The van der Waals surface area contributed by atoms with Crippen molar-refractivity contribution in [3.8, 4) is 0 Å². The van der Waals surface area contributed by atoms with Crippen LogP contribution in [0.3, 0.4) is 0 Å². The lowest BCUT2D eigenvalue weighted by Gasteiger charge is -2.35. The van der Waals surface area contributed by atoms with Crippen LogP contribution in [0.2, 0.25) is 10.0 Å². The van der Waals surface area contributed by atoms with Gasteiger partial charge in [0, 0.05) is 40.3 Å². The van der Waals surface area contributed by atoms with Crippen molar-refractivity contribution in [1.29, 1.82) is 0 Å². The summed E-state index contributed by atoms with van der Waals surface area (Å²) >= 11 is 11.9. The van der Waals surface area contributed by atoms with Gasteiger partial charge in [-0.2, -0.15) is 17.0 Å². The summed E-state index contributed by atoms with van der Waals surface area (Å²) < 4.78 is 26.6. The topological polar surface area (TPSA) is 73.0 Å². The SMILES string of the molecule is CN(C)S(=O)(=O)N1CCN(C(=O)Nc2cccc(Cl)c2Cl)CC1. The molecule has 128 valence electrons. The molecule has 0 aliphatic carbocycles. The number of halogens is 2. The molecule has 1 aliphatic heterocycles. The minimum Gasteiger partial charge on any atom is -0.322 e. The molecule has 1 N–H and O–H groups in total. The van der Waals surface area contributed by atoms with E-state index in [0.717, 1.165) is 4.31 Å². The van der Waals surface area contributed by atoms with Crippen LogP contribution >= 0.6 is 23.2 Å². The number of nitrogens with zero attached hydrogens (tertiary/aromatic N) is 3. The second-order valence-corrected chi connectivity index (χ2v) is 8.14. The van der Waals surface area contributed by atoms with Crippen molar-refractivity contribution < 1.29 is 13.2 Å². The van der Waals surface area contributed by atoms with Gasteiger partial charge in [-0.25, -0.2) is 4.79 Å². The van der Waals surface area contributed by atoms with Gasteiger partial charge >= 0.3 is 6.03 Å². The van der Waals surface area contributed by atoms with Crippen molar-refractivity contribution in [2.45, 2.75) is 0 Å². The number of urea groups is 1. The molecular formula is C13H18Cl2N4O3S. The highest BCUT2D eigenvalue weighted by molar-refractivity contribution is 7.86. The Hall–Kier alpha value is -1.06. The number of hydrogen-bond donors (Lipinski definition) is 1. The highest BCUT2D eigenvalue weighted by atomic mass is 35.5. The Morgan fingerprint density at radius 3 is 2.35 bits per heavy atom. The summed E-state index contributed by atoms with van der Waals surface area (Å²) in [5.41, 5.74) is 0.424. The van der Waals surface area contributed by atoms with Gasteiger partial charge < -0.3 is 10.2 Å². The normalized spacial score (nSPS) is 16.7. The molecule has 7 nitrogen and oxygen atoms in total. The second kappa shape index (κ2) is 7.23. The number of benzene rings is 1. The molecule has 23 heavy (non-hydrogen) atoms. The molecule has 0 unspecified atom stereocenters. The van der Waals surface area contributed by atoms with E-state index in [4.69, 9.17) is 23.2 Å². The minimum atomic E-state index is -3.45. The lowest BCUT2D eigenvalue weighted by atomic mass is 10.3. The molecule has 2 rings (SSSR count). The van der Waals surface area contributed by atoms with E-state index in [-0.39, 0.29) is 24.1 Å². The zero-order chi connectivity index (χ0) is 17.2. The monoisotopic (exact) mass is 380 g/mol. The first-order chi connectivity index (χ1) is 10.7. The summed E-state index contributed by atoms with van der Waals surface area (Å²) in [4.78, 5) is 13.8. The third-order valence-electron chi connectivity index (χ3n) is 3.51. The van der Waals surface area contributed by atoms with Crippen LogP contribution in [0.15, 0.2) is 18.2 Å². The average molecular weight is 381 g/mol. The van der Waals surface area contributed by atoms with Gasteiger partial charge in [-0.3, -0.25) is 0 Å². The van der Waals surface area contributed by atoms with Crippen molar-refractivity contribution in [3.05, 3.63) is 28.2 Å². The van der Waals surface area contributed by atoms with Crippen LogP contribution in [-0.2, 0) is 10.2 Å². The molecule has 1 aromatic rings. The Morgan fingerprint density at radius 1 is 1.17 bits per heavy atom. The first-order valence-electron chi connectivity index (χ1n) is 6.91. The fourth-order valence-electron chi connectivity index (χ4n) is 2.15. The number of carbonyl (C=O) groups is 1. The number of amides is 2. The molecule has 1 heterocycles. The minimum absolute atomic E-state index is 0.247. The van der Waals surface area contributed by atoms with Crippen LogP contribution in [0.4, 0.5) is 10.5 Å². The van der Waals surface area contributed by atoms with Gasteiger partial charge in [0.1, 0.15) is 0 Å². The van der Waals surface area contributed by atoms with E-state index >= 15 is 0 Å². The van der Waals surface area contributed by atoms with E-state index < -0.39 is 10.2 Å². The Kier molecular flexibility index (Phi) is 5.74. The molecule has 2 amide bonds. The zero-order valence-corrected chi connectivity index (χ0v) is 15.1. The van der Waals surface area contributed by atoms with Crippen molar-refractivity contribution >= 4 is 45.1 Å². The molecule has 0 radical (unpaired) electrons. The molecule has 10 heteroatoms. The van der Waals surface area contributed by atoms with E-state index in [9.17, 15) is 13.2 Å². The lowest BCUT2D eigenvalue weighted by molar-refractivity contribution is 0.182. The van der Waals surface area contributed by atoms with Gasteiger partial charge in [0.25, 0.3) is 10.2 Å². The molecule has 0 atom stereocenters. The number of piperazine rings is 1. The number of nitrogens with one attached hydrogen (secondary N) is 1. The van der Waals surface area contributed by atoms with Crippen molar-refractivity contribution in [3.63, 3.8) is 0 Å². The molecule has 1 aliphatic rings. The van der Waals surface area contributed by atoms with Crippen molar-refractivity contribution in [2.75, 3.05) is 45.6 Å². The van der Waals surface area contributed by atoms with Crippen LogP contribution in [0.1, 0.15) is 0 Å². The van der Waals surface area contributed by atoms with Crippen molar-refractivity contribution in [1.82, 2.24) is 13.5 Å². The maximum atomic E-state index is 12.3. The van der Waals surface area contributed by atoms with E-state index in [1.54, 1.807) is 23.1 Å². The predicted molar refractivity (Wildman–Crippen MR) is 91.2 cm³/mol. The number of rotatable bonds is 3. The van der Waals surface area contributed by atoms with Crippen LogP contribution in [-0.4, -0.2) is 68.2 Å². The highest BCUT2D eigenvalue weighted by Gasteiger charge is 2.30. The third-order valence-corrected chi connectivity index (χ3v) is 6.27. The number of carbonyl (C=O) groups excluding carboxylic acids is 1. The fraction of sp³-hybridized carbons (Fsp3) is 0.462. The highest BCUT2D eigenvalue weighted by Crippen LogP contribution is 2.29. The van der Waals surface area contributed by atoms with Crippen LogP contribution < -0.4 is 5.32 Å². The van der Waals surface area contributed by atoms with E-state index in [1.165, 1.54) is 18.4 Å². The lowest BCUT2D eigenvalue weighted by Crippen LogP contribution is -2.53. The summed E-state index contributed by atoms with van der Waals surface area (Å²) in [7, 11) is -0.487. The zero-order valence-electron chi connectivity index (χ0n) is 12.8. The predicted octanol–water partition coefficient (Wildman–Crippen LogP) is 1.95. The molecule has 1 fully saturated rings. The van der Waals surface area contributed by atoms with Gasteiger partial charge in [0.15, 0.2) is 0 Å². The number of hydrogen-bond acceptors (Lipinski definition) is 3. The van der Waals surface area contributed by atoms with Crippen molar-refractivity contribution in [2.24, 2.45) is 0 Å². The van der Waals surface area contributed by atoms with E-state index in [2.05, 4.69) is 5.32 Å². The van der Waals surface area contributed by atoms with Crippen LogP contribution in [0, 0.1) is 0 Å². The van der Waals surface area contributed by atoms with Crippen LogP contribution in [0.5, 0.6) is 0 Å². The van der Waals surface area contributed by atoms with E-state index in [1.807, 2.05) is 0 Å². The molecular weight excluding hydrogens is 363 g/mol. The molecule has 0 spiro atoms. The maximum Gasteiger partial charge on any atom is 0.321 e. The van der Waals surface area contributed by atoms with Gasteiger partial charge in [-0.15, -0.1) is 0 Å². The standard InChI is InChI=1S/C13H18Cl2N4O3S/c1-17(2)23(21,22)19-8-6-18(7-9-19)13(20)16-11-5-3-4-10(14)12(11)15/h3-5H,6-9H2,1-2H3,(H,16,20). The molecule has 0 bridgehead atoms. The summed E-state index contributed by atoms with van der Waals surface area (Å²) in [6, 6.07) is 4.63. The first kappa shape index (κ1) is 18.3. The Bertz CT molecular complexity index is 688.